The van der Waals surface area contributed by atoms with Crippen LogP contribution in [0.15, 0.2) is 22.3 Å². The van der Waals surface area contributed by atoms with Gasteiger partial charge in [-0.2, -0.15) is 0 Å². The van der Waals surface area contributed by atoms with Gasteiger partial charge in [-0.05, 0) is 23.9 Å². The molecule has 1 aliphatic rings. The summed E-state index contributed by atoms with van der Waals surface area (Å²) in [6.07, 6.45) is 1.22. The summed E-state index contributed by atoms with van der Waals surface area (Å²) in [5.41, 5.74) is -0.169. The number of amides is 1. The molecule has 9 heteroatoms. The van der Waals surface area contributed by atoms with E-state index >= 15 is 0 Å². The summed E-state index contributed by atoms with van der Waals surface area (Å²) in [7, 11) is 0. The Labute approximate surface area is 120 Å². The van der Waals surface area contributed by atoms with E-state index in [0.717, 1.165) is 12.1 Å². The first kappa shape index (κ1) is 13.4. The first-order valence-electron chi connectivity index (χ1n) is 4.87. The standard InChI is InChI=1S/C10H6BrN3O4S/c11-6-3-5(14(17)18)1-4(8(6)15)2-7-9(16)13-10(19)12-7/h1-3,15H,(H2,12,13,16,19)/p-1/b7-2+. The van der Waals surface area contributed by atoms with Crippen molar-refractivity contribution in [2.75, 3.05) is 0 Å². The third-order valence-corrected chi connectivity index (χ3v) is 3.08. The number of nitro benzene ring substituents is 1. The third kappa shape index (κ3) is 2.71. The zero-order chi connectivity index (χ0) is 14.2. The Morgan fingerprint density at radius 1 is 1.37 bits per heavy atom. The summed E-state index contributed by atoms with van der Waals surface area (Å²) in [4.78, 5) is 21.5. The predicted molar refractivity (Wildman–Crippen MR) is 72.1 cm³/mol. The third-order valence-electron chi connectivity index (χ3n) is 2.29. The molecule has 2 N–H and O–H groups in total. The predicted octanol–water partition coefficient (Wildman–Crippen LogP) is 0.776. The van der Waals surface area contributed by atoms with Crippen LogP contribution >= 0.6 is 28.1 Å². The number of nitrogens with one attached hydrogen (secondary N) is 2. The van der Waals surface area contributed by atoms with Crippen molar-refractivity contribution in [3.05, 3.63) is 38.0 Å². The summed E-state index contributed by atoms with van der Waals surface area (Å²) < 4.78 is 0.0505. The monoisotopic (exact) mass is 342 g/mol. The lowest BCUT2D eigenvalue weighted by Crippen LogP contribution is -2.21. The minimum absolute atomic E-state index is 0.0171. The number of carbonyl (C=O) groups excluding carboxylic acids is 1. The molecule has 0 aromatic heterocycles. The molecule has 0 saturated carbocycles. The van der Waals surface area contributed by atoms with Crippen LogP contribution in [-0.4, -0.2) is 15.9 Å². The van der Waals surface area contributed by atoms with Crippen LogP contribution in [0.2, 0.25) is 0 Å². The van der Waals surface area contributed by atoms with Gasteiger partial charge in [-0.1, -0.05) is 21.7 Å². The van der Waals surface area contributed by atoms with Gasteiger partial charge in [0.2, 0.25) is 0 Å². The van der Waals surface area contributed by atoms with Crippen molar-refractivity contribution in [2.45, 2.75) is 0 Å². The number of benzene rings is 1. The van der Waals surface area contributed by atoms with E-state index < -0.39 is 16.6 Å². The fourth-order valence-electron chi connectivity index (χ4n) is 1.45. The highest BCUT2D eigenvalue weighted by Gasteiger charge is 2.20. The fourth-order valence-corrected chi connectivity index (χ4v) is 2.12. The van der Waals surface area contributed by atoms with Gasteiger partial charge in [-0.3, -0.25) is 20.2 Å². The van der Waals surface area contributed by atoms with Crippen LogP contribution in [0, 0.1) is 10.1 Å². The summed E-state index contributed by atoms with van der Waals surface area (Å²) in [5, 5.41) is 27.5. The highest BCUT2D eigenvalue weighted by molar-refractivity contribution is 9.10. The van der Waals surface area contributed by atoms with Crippen LogP contribution in [0.3, 0.4) is 0 Å². The molecule has 0 radical (unpaired) electrons. The molecule has 98 valence electrons. The van der Waals surface area contributed by atoms with E-state index in [1.807, 2.05) is 0 Å². The Balaban J connectivity index is 2.51. The number of non-ortho nitro benzene ring substituents is 1. The molecule has 1 aromatic rings. The van der Waals surface area contributed by atoms with Crippen molar-refractivity contribution in [2.24, 2.45) is 0 Å². The second-order valence-electron chi connectivity index (χ2n) is 3.57. The highest BCUT2D eigenvalue weighted by atomic mass is 79.9. The summed E-state index contributed by atoms with van der Waals surface area (Å²) in [5.74, 6) is -0.947. The van der Waals surface area contributed by atoms with Gasteiger partial charge in [0, 0.05) is 16.6 Å². The van der Waals surface area contributed by atoms with Gasteiger partial charge < -0.3 is 10.4 Å². The molecule has 2 rings (SSSR count). The number of nitrogens with zero attached hydrogens (tertiary/aromatic N) is 1. The van der Waals surface area contributed by atoms with Crippen LogP contribution in [0.25, 0.3) is 6.08 Å². The lowest BCUT2D eigenvalue weighted by molar-refractivity contribution is -0.385. The molecule has 7 nitrogen and oxygen atoms in total. The average molecular weight is 343 g/mol. The first-order chi connectivity index (χ1) is 8.88. The van der Waals surface area contributed by atoms with Crippen LogP contribution in [0.4, 0.5) is 5.69 Å². The summed E-state index contributed by atoms with van der Waals surface area (Å²) in [6, 6.07) is 2.20. The minimum Gasteiger partial charge on any atom is -0.871 e. The first-order valence-corrected chi connectivity index (χ1v) is 6.07. The Morgan fingerprint density at radius 3 is 2.58 bits per heavy atom. The van der Waals surface area contributed by atoms with Crippen LogP contribution in [0.1, 0.15) is 5.56 Å². The lowest BCUT2D eigenvalue weighted by Gasteiger charge is -2.13. The van der Waals surface area contributed by atoms with Crippen molar-refractivity contribution in [1.82, 2.24) is 10.6 Å². The van der Waals surface area contributed by atoms with Gasteiger partial charge in [-0.25, -0.2) is 0 Å². The van der Waals surface area contributed by atoms with E-state index in [4.69, 9.17) is 12.2 Å². The van der Waals surface area contributed by atoms with Gasteiger partial charge in [0.05, 0.1) is 4.92 Å². The second-order valence-corrected chi connectivity index (χ2v) is 4.83. The Hall–Kier alpha value is -2.00. The molecule has 0 aliphatic carbocycles. The molecular weight excluding hydrogens is 338 g/mol. The normalized spacial score (nSPS) is 16.4. The maximum absolute atomic E-state index is 11.8. The fraction of sp³-hybridized carbons (Fsp3) is 0. The van der Waals surface area contributed by atoms with E-state index in [0.29, 0.717) is 0 Å². The number of hydrogen-bond donors (Lipinski definition) is 2. The van der Waals surface area contributed by atoms with Crippen molar-refractivity contribution in [3.8, 4) is 5.75 Å². The minimum atomic E-state index is -0.626. The van der Waals surface area contributed by atoms with Crippen LogP contribution in [0.5, 0.6) is 5.75 Å². The molecule has 1 amide bonds. The molecule has 1 fully saturated rings. The molecule has 1 aliphatic heterocycles. The maximum Gasteiger partial charge on any atom is 0.273 e. The molecule has 0 atom stereocenters. The number of halogens is 1. The van der Waals surface area contributed by atoms with Crippen molar-refractivity contribution < 1.29 is 14.8 Å². The zero-order valence-electron chi connectivity index (χ0n) is 9.10. The molecule has 1 aromatic carbocycles. The number of nitro groups is 1. The molecule has 1 saturated heterocycles. The second kappa shape index (κ2) is 4.94. The molecule has 1 heterocycles. The zero-order valence-corrected chi connectivity index (χ0v) is 11.5. The largest absolute Gasteiger partial charge is 0.871 e. The van der Waals surface area contributed by atoms with E-state index in [9.17, 15) is 20.0 Å². The number of rotatable bonds is 2. The summed E-state index contributed by atoms with van der Waals surface area (Å²) in [6.45, 7) is 0. The number of hydrogen-bond acceptors (Lipinski definition) is 5. The van der Waals surface area contributed by atoms with Crippen LogP contribution < -0.4 is 15.7 Å². The Kier molecular flexibility index (Phi) is 3.49. The highest BCUT2D eigenvalue weighted by Crippen LogP contribution is 2.31. The topological polar surface area (TPSA) is 107 Å². The van der Waals surface area contributed by atoms with Gasteiger partial charge >= 0.3 is 0 Å². The SMILES string of the molecule is O=C1NC(=S)N/C1=C/c1cc([N+](=O)[O-])cc(Br)c1[O-]. The van der Waals surface area contributed by atoms with Gasteiger partial charge in [0.15, 0.2) is 5.11 Å². The van der Waals surface area contributed by atoms with Gasteiger partial charge in [0.1, 0.15) is 5.70 Å². The molecule has 0 spiro atoms. The van der Waals surface area contributed by atoms with Crippen LogP contribution in [-0.2, 0) is 4.79 Å². The average Bonchev–Trinajstić information content (AvgIpc) is 2.63. The van der Waals surface area contributed by atoms with Crippen molar-refractivity contribution in [1.29, 1.82) is 0 Å². The van der Waals surface area contributed by atoms with Gasteiger partial charge in [0.25, 0.3) is 11.6 Å². The Bertz CT molecular complexity index is 644. The van der Waals surface area contributed by atoms with E-state index in [1.165, 1.54) is 6.08 Å². The quantitative estimate of drug-likeness (QED) is 0.356. The number of carbonyl (C=O) groups is 1. The van der Waals surface area contributed by atoms with Crippen molar-refractivity contribution >= 4 is 50.9 Å². The number of thiocarbonyl (C=S) groups is 1. The maximum atomic E-state index is 11.8. The molecule has 0 bridgehead atoms. The molecule has 19 heavy (non-hydrogen) atoms. The summed E-state index contributed by atoms with van der Waals surface area (Å²) >= 11 is 7.68. The smallest absolute Gasteiger partial charge is 0.273 e. The Morgan fingerprint density at radius 2 is 2.05 bits per heavy atom. The van der Waals surface area contributed by atoms with E-state index in [-0.39, 0.29) is 26.5 Å². The van der Waals surface area contributed by atoms with Gasteiger partial charge in [-0.15, -0.1) is 0 Å². The molecular formula is C10H5BrN3O4S-. The van der Waals surface area contributed by atoms with E-state index in [1.54, 1.807) is 0 Å². The van der Waals surface area contributed by atoms with Crippen molar-refractivity contribution in [3.63, 3.8) is 0 Å². The molecule has 0 unspecified atom stereocenters. The lowest BCUT2D eigenvalue weighted by atomic mass is 10.1. The van der Waals surface area contributed by atoms with E-state index in [2.05, 4.69) is 26.6 Å².